The highest BCUT2D eigenvalue weighted by molar-refractivity contribution is 6.32. The molecular formula is C29H27Cl2F3N4O3. The van der Waals surface area contributed by atoms with Crippen molar-refractivity contribution in [1.29, 1.82) is 0 Å². The van der Waals surface area contributed by atoms with Crippen LogP contribution in [0, 0.1) is 5.82 Å². The van der Waals surface area contributed by atoms with Gasteiger partial charge in [-0.3, -0.25) is 24.2 Å². The van der Waals surface area contributed by atoms with Gasteiger partial charge in [0, 0.05) is 41.6 Å². The van der Waals surface area contributed by atoms with Gasteiger partial charge in [0.1, 0.15) is 28.9 Å². The van der Waals surface area contributed by atoms with Gasteiger partial charge in [-0.25, -0.2) is 18.2 Å². The highest BCUT2D eigenvalue weighted by atomic mass is 35.5. The van der Waals surface area contributed by atoms with Crippen LogP contribution in [0.15, 0.2) is 66.7 Å². The summed E-state index contributed by atoms with van der Waals surface area (Å²) >= 11 is 12.5. The lowest BCUT2D eigenvalue weighted by Gasteiger charge is -2.39. The summed E-state index contributed by atoms with van der Waals surface area (Å²) in [5, 5.41) is 2.83. The van der Waals surface area contributed by atoms with Crippen LogP contribution in [0.25, 0.3) is 0 Å². The van der Waals surface area contributed by atoms with E-state index in [4.69, 9.17) is 23.2 Å². The van der Waals surface area contributed by atoms with E-state index in [2.05, 4.69) is 10.3 Å². The molecular weight excluding hydrogens is 580 g/mol. The number of nitrogens with zero attached hydrogens (tertiary/aromatic N) is 3. The second kappa shape index (κ2) is 12.1. The molecule has 1 N–H and O–H groups in total. The van der Waals surface area contributed by atoms with Gasteiger partial charge in [-0.2, -0.15) is 0 Å². The maximum Gasteiger partial charge on any atom is 0.252 e. The Hall–Kier alpha value is -3.63. The Morgan fingerprint density at radius 2 is 1.76 bits per heavy atom. The minimum absolute atomic E-state index is 0. The van der Waals surface area contributed by atoms with Crippen molar-refractivity contribution < 1.29 is 27.6 Å². The number of hydrogen-bond acceptors (Lipinski definition) is 4. The topological polar surface area (TPSA) is 82.6 Å². The molecule has 3 amide bonds. The van der Waals surface area contributed by atoms with Crippen molar-refractivity contribution in [2.24, 2.45) is 0 Å². The summed E-state index contributed by atoms with van der Waals surface area (Å²) < 4.78 is 41.6. The lowest BCUT2D eigenvalue weighted by molar-refractivity contribution is -0.133. The molecule has 2 aliphatic rings. The number of alkyl halides is 2. The normalized spacial score (nSPS) is 18.7. The second-order valence-electron chi connectivity index (χ2n) is 9.72. The molecule has 0 radical (unpaired) electrons. The van der Waals surface area contributed by atoms with E-state index in [0.717, 1.165) is 11.0 Å². The molecule has 0 bridgehead atoms. The lowest BCUT2D eigenvalue weighted by Crippen LogP contribution is -2.56. The maximum atomic E-state index is 14.5. The zero-order valence-corrected chi connectivity index (χ0v) is 22.4. The van der Waals surface area contributed by atoms with E-state index in [1.165, 1.54) is 47.4 Å². The van der Waals surface area contributed by atoms with Crippen LogP contribution in [0.1, 0.15) is 44.7 Å². The molecule has 5 rings (SSSR count). The molecule has 1 aliphatic carbocycles. The highest BCUT2D eigenvalue weighted by Crippen LogP contribution is 2.40. The predicted octanol–water partition coefficient (Wildman–Crippen LogP) is 6.35. The quantitative estimate of drug-likeness (QED) is 0.318. The Labute approximate surface area is 245 Å². The molecule has 0 unspecified atom stereocenters. The van der Waals surface area contributed by atoms with Crippen molar-refractivity contribution in [2.45, 2.75) is 57.2 Å². The predicted molar refractivity (Wildman–Crippen MR) is 151 cm³/mol. The number of benzene rings is 2. The molecule has 2 fully saturated rings. The van der Waals surface area contributed by atoms with Gasteiger partial charge in [-0.05, 0) is 42.8 Å². The first kappa shape index (κ1) is 30.3. The van der Waals surface area contributed by atoms with E-state index in [-0.39, 0.29) is 53.4 Å². The third-order valence-electron chi connectivity index (χ3n) is 6.91. The van der Waals surface area contributed by atoms with Crippen LogP contribution in [0.2, 0.25) is 10.2 Å². The Balaban J connectivity index is 0.00000387. The van der Waals surface area contributed by atoms with Gasteiger partial charge in [0.05, 0.1) is 0 Å². The van der Waals surface area contributed by atoms with Crippen LogP contribution in [-0.2, 0) is 14.4 Å². The largest absolute Gasteiger partial charge is 0.351 e. The first-order chi connectivity index (χ1) is 19.0. The van der Waals surface area contributed by atoms with Crippen LogP contribution >= 0.6 is 23.2 Å². The van der Waals surface area contributed by atoms with Crippen LogP contribution < -0.4 is 15.1 Å². The molecule has 3 aromatic rings. The van der Waals surface area contributed by atoms with Crippen molar-refractivity contribution in [2.75, 3.05) is 9.80 Å². The number of carbonyl (C=O) groups is 3. The smallest absolute Gasteiger partial charge is 0.252 e. The third-order valence-corrected chi connectivity index (χ3v) is 7.47. The van der Waals surface area contributed by atoms with E-state index < -0.39 is 54.5 Å². The molecule has 12 heteroatoms. The van der Waals surface area contributed by atoms with E-state index in [1.807, 2.05) is 0 Å². The number of hydrogen-bond donors (Lipinski definition) is 1. The van der Waals surface area contributed by atoms with Crippen molar-refractivity contribution in [3.8, 4) is 0 Å². The average molecular weight is 607 g/mol. The van der Waals surface area contributed by atoms with E-state index in [0.29, 0.717) is 0 Å². The minimum atomic E-state index is -2.90. The summed E-state index contributed by atoms with van der Waals surface area (Å²) in [5.41, 5.74) is 0.212. The Kier molecular flexibility index (Phi) is 8.94. The molecule has 1 aromatic heterocycles. The summed E-state index contributed by atoms with van der Waals surface area (Å²) in [5.74, 6) is -5.31. The first-order valence-electron chi connectivity index (χ1n) is 12.5. The molecule has 2 atom stereocenters. The highest BCUT2D eigenvalue weighted by Gasteiger charge is 2.48. The molecule has 216 valence electrons. The van der Waals surface area contributed by atoms with Gasteiger partial charge >= 0.3 is 0 Å². The minimum Gasteiger partial charge on any atom is -0.351 e. The van der Waals surface area contributed by atoms with E-state index in [9.17, 15) is 27.6 Å². The van der Waals surface area contributed by atoms with Gasteiger partial charge in [-0.1, -0.05) is 61.0 Å². The summed E-state index contributed by atoms with van der Waals surface area (Å²) in [4.78, 5) is 47.5. The third kappa shape index (κ3) is 6.33. The van der Waals surface area contributed by atoms with Crippen LogP contribution in [-0.4, -0.2) is 40.7 Å². The summed E-state index contributed by atoms with van der Waals surface area (Å²) in [6.07, 6.45) is -0.994. The van der Waals surface area contributed by atoms with Crippen molar-refractivity contribution >= 4 is 52.4 Å². The zero-order chi connectivity index (χ0) is 28.6. The Morgan fingerprint density at radius 3 is 2.41 bits per heavy atom. The molecule has 41 heavy (non-hydrogen) atoms. The number of aromatic nitrogens is 1. The zero-order valence-electron chi connectivity index (χ0n) is 20.9. The fraction of sp³-hybridized carbons (Fsp3) is 0.310. The molecule has 2 heterocycles. The first-order valence-corrected chi connectivity index (χ1v) is 13.3. The fourth-order valence-corrected chi connectivity index (χ4v) is 5.46. The van der Waals surface area contributed by atoms with E-state index in [1.54, 1.807) is 18.2 Å². The second-order valence-corrected chi connectivity index (χ2v) is 10.5. The van der Waals surface area contributed by atoms with Gasteiger partial charge < -0.3 is 5.32 Å². The van der Waals surface area contributed by atoms with Crippen molar-refractivity contribution in [3.63, 3.8) is 0 Å². The number of carbonyl (C=O) groups excluding carboxylic acids is 3. The molecule has 1 saturated carbocycles. The van der Waals surface area contributed by atoms with Gasteiger partial charge in [0.2, 0.25) is 11.8 Å². The molecule has 1 aliphatic heterocycles. The number of pyridine rings is 1. The van der Waals surface area contributed by atoms with Crippen LogP contribution in [0.5, 0.6) is 0 Å². The fourth-order valence-electron chi connectivity index (χ4n) is 5.06. The van der Waals surface area contributed by atoms with Crippen LogP contribution in [0.3, 0.4) is 0 Å². The molecule has 7 nitrogen and oxygen atoms in total. The monoisotopic (exact) mass is 606 g/mol. The summed E-state index contributed by atoms with van der Waals surface area (Å²) in [6, 6.07) is 12.5. The Morgan fingerprint density at radius 1 is 1.05 bits per heavy atom. The molecule has 2 aromatic carbocycles. The number of anilines is 2. The van der Waals surface area contributed by atoms with Crippen molar-refractivity contribution in [3.05, 3.63) is 88.3 Å². The average Bonchev–Trinajstić information content (AvgIpc) is 3.27. The number of nitrogens with one attached hydrogen (secondary N) is 1. The number of amides is 3. The summed E-state index contributed by atoms with van der Waals surface area (Å²) in [7, 11) is 0. The Bertz CT molecular complexity index is 1470. The van der Waals surface area contributed by atoms with Gasteiger partial charge in [0.15, 0.2) is 0 Å². The SMILES string of the molecule is C.O=C(NC1CC(F)(F)C1)[C@@H](c1ccccc1Cl)N(C(=O)[C@@H]1CCC(=O)N1c1cccc(Cl)n1)c1cccc(F)c1. The van der Waals surface area contributed by atoms with Gasteiger partial charge in [-0.15, -0.1) is 0 Å². The maximum absolute atomic E-state index is 14.5. The molecule has 0 spiro atoms. The standard InChI is InChI=1S/C28H23Cl2F3N4O3.CH4/c29-20-8-2-1-7-19(20)25(26(39)34-17-14-28(32,33)15-17)36(18-6-3-5-16(31)13-18)27(40)21-11-12-24(38)37(21)23-10-4-9-22(30)35-23;/h1-10,13,17,21,25H,11-12,14-15H2,(H,34,39);1H4/t21-,25+;/m0./s1. The van der Waals surface area contributed by atoms with E-state index >= 15 is 0 Å². The lowest BCUT2D eigenvalue weighted by atomic mass is 9.87. The number of halogens is 5. The number of rotatable bonds is 7. The van der Waals surface area contributed by atoms with Gasteiger partial charge in [0.25, 0.3) is 11.8 Å². The summed E-state index contributed by atoms with van der Waals surface area (Å²) in [6.45, 7) is 0. The van der Waals surface area contributed by atoms with Crippen molar-refractivity contribution in [1.82, 2.24) is 10.3 Å². The molecule has 1 saturated heterocycles. The van der Waals surface area contributed by atoms with Crippen LogP contribution in [0.4, 0.5) is 24.7 Å².